The summed E-state index contributed by atoms with van der Waals surface area (Å²) in [5, 5.41) is 2.52. The van der Waals surface area contributed by atoms with Crippen molar-refractivity contribution in [3.8, 4) is 11.5 Å². The molecule has 2 aromatic carbocycles. The molecule has 0 unspecified atom stereocenters. The van der Waals surface area contributed by atoms with E-state index in [2.05, 4.69) is 5.32 Å². The fourth-order valence-corrected chi connectivity index (χ4v) is 2.05. The average Bonchev–Trinajstić information content (AvgIpc) is 2.56. The minimum absolute atomic E-state index is 0.256. The van der Waals surface area contributed by atoms with Crippen LogP contribution in [0.15, 0.2) is 48.5 Å². The summed E-state index contributed by atoms with van der Waals surface area (Å²) in [4.78, 5) is 12.2. The molecular weight excluding hydrogens is 335 g/mol. The number of anilines is 1. The lowest BCUT2D eigenvalue weighted by Crippen LogP contribution is -2.30. The quantitative estimate of drug-likeness (QED) is 0.831. The third kappa shape index (κ3) is 5.14. The minimum atomic E-state index is -4.41. The zero-order valence-corrected chi connectivity index (χ0v) is 13.8. The van der Waals surface area contributed by atoms with Crippen molar-refractivity contribution in [1.29, 1.82) is 0 Å². The summed E-state index contributed by atoms with van der Waals surface area (Å²) in [5.74, 6) is 0.449. The highest BCUT2D eigenvalue weighted by Gasteiger charge is 2.30. The highest BCUT2D eigenvalue weighted by molar-refractivity contribution is 5.94. The Labute approximate surface area is 143 Å². The van der Waals surface area contributed by atoms with Crippen LogP contribution in [0.4, 0.5) is 18.9 Å². The van der Waals surface area contributed by atoms with Crippen molar-refractivity contribution in [2.24, 2.45) is 0 Å². The smallest absolute Gasteiger partial charge is 0.416 e. The second-order valence-corrected chi connectivity index (χ2v) is 5.20. The van der Waals surface area contributed by atoms with Crippen LogP contribution in [0.3, 0.4) is 0 Å². The predicted octanol–water partition coefficient (Wildman–Crippen LogP) is 4.51. The molecule has 0 fully saturated rings. The Morgan fingerprint density at radius 2 is 1.68 bits per heavy atom. The van der Waals surface area contributed by atoms with E-state index < -0.39 is 23.8 Å². The number of hydrogen-bond acceptors (Lipinski definition) is 3. The van der Waals surface area contributed by atoms with Crippen molar-refractivity contribution in [3.63, 3.8) is 0 Å². The van der Waals surface area contributed by atoms with Crippen LogP contribution in [0.1, 0.15) is 19.4 Å². The van der Waals surface area contributed by atoms with Gasteiger partial charge in [0.2, 0.25) is 0 Å². The Kier molecular flexibility index (Phi) is 5.90. The zero-order valence-electron chi connectivity index (χ0n) is 13.8. The Morgan fingerprint density at radius 1 is 1.08 bits per heavy atom. The van der Waals surface area contributed by atoms with Gasteiger partial charge in [0.1, 0.15) is 0 Å². The van der Waals surface area contributed by atoms with Gasteiger partial charge in [-0.05, 0) is 50.2 Å². The molecule has 0 aromatic heterocycles. The van der Waals surface area contributed by atoms with E-state index in [-0.39, 0.29) is 5.69 Å². The number of ether oxygens (including phenoxy) is 2. The molecule has 0 aliphatic rings. The Bertz CT molecular complexity index is 714. The molecule has 7 heteroatoms. The monoisotopic (exact) mass is 353 g/mol. The molecule has 0 spiro atoms. The molecule has 0 heterocycles. The average molecular weight is 353 g/mol. The SMILES string of the molecule is CCOc1ccccc1O[C@H](C)C(=O)Nc1ccc(C(F)(F)F)cc1. The van der Waals surface area contributed by atoms with E-state index in [0.29, 0.717) is 18.1 Å². The third-order valence-corrected chi connectivity index (χ3v) is 3.30. The van der Waals surface area contributed by atoms with Gasteiger partial charge in [0.15, 0.2) is 17.6 Å². The molecule has 134 valence electrons. The maximum absolute atomic E-state index is 12.5. The van der Waals surface area contributed by atoms with Crippen molar-refractivity contribution < 1.29 is 27.4 Å². The highest BCUT2D eigenvalue weighted by Crippen LogP contribution is 2.30. The Morgan fingerprint density at radius 3 is 2.24 bits per heavy atom. The van der Waals surface area contributed by atoms with Gasteiger partial charge >= 0.3 is 6.18 Å². The highest BCUT2D eigenvalue weighted by atomic mass is 19.4. The first kappa shape index (κ1) is 18.6. The molecule has 1 atom stereocenters. The van der Waals surface area contributed by atoms with Gasteiger partial charge in [0.25, 0.3) is 5.91 Å². The Hall–Kier alpha value is -2.70. The van der Waals surface area contributed by atoms with Crippen LogP contribution in [0.2, 0.25) is 0 Å². The number of carbonyl (C=O) groups excluding carboxylic acids is 1. The first-order valence-electron chi connectivity index (χ1n) is 7.68. The van der Waals surface area contributed by atoms with Crippen LogP contribution < -0.4 is 14.8 Å². The minimum Gasteiger partial charge on any atom is -0.490 e. The van der Waals surface area contributed by atoms with Gasteiger partial charge in [-0.15, -0.1) is 0 Å². The van der Waals surface area contributed by atoms with E-state index in [4.69, 9.17) is 9.47 Å². The molecule has 2 rings (SSSR count). The van der Waals surface area contributed by atoms with Gasteiger partial charge in [0.05, 0.1) is 12.2 Å². The number of carbonyl (C=O) groups is 1. The molecule has 0 saturated heterocycles. The van der Waals surface area contributed by atoms with Crippen molar-refractivity contribution in [1.82, 2.24) is 0 Å². The van der Waals surface area contributed by atoms with Crippen molar-refractivity contribution in [2.75, 3.05) is 11.9 Å². The van der Waals surface area contributed by atoms with Gasteiger partial charge in [0, 0.05) is 5.69 Å². The molecule has 0 saturated carbocycles. The van der Waals surface area contributed by atoms with E-state index in [9.17, 15) is 18.0 Å². The molecular formula is C18H18F3NO3. The van der Waals surface area contributed by atoms with Crippen LogP contribution in [0, 0.1) is 0 Å². The first-order chi connectivity index (χ1) is 11.8. The number of alkyl halides is 3. The number of halogens is 3. The van der Waals surface area contributed by atoms with E-state index >= 15 is 0 Å². The molecule has 0 radical (unpaired) electrons. The summed E-state index contributed by atoms with van der Waals surface area (Å²) >= 11 is 0. The summed E-state index contributed by atoms with van der Waals surface area (Å²) < 4.78 is 48.6. The molecule has 0 bridgehead atoms. The number of benzene rings is 2. The van der Waals surface area contributed by atoms with Crippen molar-refractivity contribution >= 4 is 11.6 Å². The lowest BCUT2D eigenvalue weighted by molar-refractivity contribution is -0.137. The summed E-state index contributed by atoms with van der Waals surface area (Å²) in [6.45, 7) is 3.83. The van der Waals surface area contributed by atoms with Crippen molar-refractivity contribution in [2.45, 2.75) is 26.1 Å². The topological polar surface area (TPSA) is 47.6 Å². The standard InChI is InChI=1S/C18H18F3NO3/c1-3-24-15-6-4-5-7-16(15)25-12(2)17(23)22-14-10-8-13(9-11-14)18(19,20)21/h4-12H,3H2,1-2H3,(H,22,23)/t12-/m1/s1. The van der Waals surface area contributed by atoms with E-state index in [1.165, 1.54) is 12.1 Å². The maximum Gasteiger partial charge on any atom is 0.416 e. The molecule has 0 aliphatic carbocycles. The second kappa shape index (κ2) is 7.92. The number of para-hydroxylation sites is 2. The largest absolute Gasteiger partial charge is 0.490 e. The molecule has 25 heavy (non-hydrogen) atoms. The summed E-state index contributed by atoms with van der Waals surface area (Å²) in [6.07, 6.45) is -5.27. The van der Waals surface area contributed by atoms with Crippen LogP contribution in [-0.4, -0.2) is 18.6 Å². The van der Waals surface area contributed by atoms with Crippen LogP contribution in [-0.2, 0) is 11.0 Å². The van der Waals surface area contributed by atoms with Gasteiger partial charge < -0.3 is 14.8 Å². The molecule has 0 aliphatic heterocycles. The first-order valence-corrected chi connectivity index (χ1v) is 7.68. The maximum atomic E-state index is 12.5. The van der Waals surface area contributed by atoms with Gasteiger partial charge in [-0.2, -0.15) is 13.2 Å². The Balaban J connectivity index is 2.01. The van der Waals surface area contributed by atoms with E-state index in [1.54, 1.807) is 31.2 Å². The summed E-state index contributed by atoms with van der Waals surface area (Å²) in [5.41, 5.74) is -0.521. The van der Waals surface area contributed by atoms with Crippen LogP contribution in [0.5, 0.6) is 11.5 Å². The normalized spacial score (nSPS) is 12.4. The fourth-order valence-electron chi connectivity index (χ4n) is 2.05. The van der Waals surface area contributed by atoms with Crippen LogP contribution in [0.25, 0.3) is 0 Å². The van der Waals surface area contributed by atoms with Gasteiger partial charge in [-0.3, -0.25) is 4.79 Å². The summed E-state index contributed by atoms with van der Waals surface area (Å²) in [6, 6.07) is 11.1. The summed E-state index contributed by atoms with van der Waals surface area (Å²) in [7, 11) is 0. The fraction of sp³-hybridized carbons (Fsp3) is 0.278. The molecule has 1 amide bonds. The molecule has 1 N–H and O–H groups in total. The number of nitrogens with one attached hydrogen (secondary N) is 1. The second-order valence-electron chi connectivity index (χ2n) is 5.20. The van der Waals surface area contributed by atoms with E-state index in [1.807, 2.05) is 6.92 Å². The zero-order chi connectivity index (χ0) is 18.4. The van der Waals surface area contributed by atoms with Crippen molar-refractivity contribution in [3.05, 3.63) is 54.1 Å². The third-order valence-electron chi connectivity index (χ3n) is 3.30. The van der Waals surface area contributed by atoms with Gasteiger partial charge in [-0.1, -0.05) is 12.1 Å². The molecule has 2 aromatic rings. The number of rotatable bonds is 6. The van der Waals surface area contributed by atoms with E-state index in [0.717, 1.165) is 12.1 Å². The lowest BCUT2D eigenvalue weighted by Gasteiger charge is -2.17. The number of amides is 1. The van der Waals surface area contributed by atoms with Crippen LogP contribution >= 0.6 is 0 Å². The lowest BCUT2D eigenvalue weighted by atomic mass is 10.2. The predicted molar refractivity (Wildman–Crippen MR) is 87.8 cm³/mol. The number of hydrogen-bond donors (Lipinski definition) is 1. The van der Waals surface area contributed by atoms with Gasteiger partial charge in [-0.25, -0.2) is 0 Å². The molecule has 4 nitrogen and oxygen atoms in total.